The van der Waals surface area contributed by atoms with Crippen molar-refractivity contribution < 1.29 is 9.13 Å². The minimum atomic E-state index is -0.176. The summed E-state index contributed by atoms with van der Waals surface area (Å²) in [7, 11) is 3.62. The number of hydrogen-bond donors (Lipinski definition) is 1. The van der Waals surface area contributed by atoms with E-state index in [-0.39, 0.29) is 11.9 Å². The molecule has 0 bridgehead atoms. The van der Waals surface area contributed by atoms with E-state index in [1.54, 1.807) is 13.2 Å². The quantitative estimate of drug-likeness (QED) is 0.823. The second-order valence-electron chi connectivity index (χ2n) is 4.53. The molecule has 0 spiro atoms. The zero-order valence-electron chi connectivity index (χ0n) is 11.1. The average molecular weight is 239 g/mol. The molecule has 3 heteroatoms. The minimum Gasteiger partial charge on any atom is -0.385 e. The van der Waals surface area contributed by atoms with Crippen molar-refractivity contribution in [1.82, 2.24) is 5.32 Å². The molecule has 0 saturated heterocycles. The number of halogens is 1. The molecule has 0 heterocycles. The molecule has 0 saturated carbocycles. The first-order valence-corrected chi connectivity index (χ1v) is 6.02. The van der Waals surface area contributed by atoms with E-state index in [9.17, 15) is 4.39 Å². The smallest absolute Gasteiger partial charge is 0.123 e. The van der Waals surface area contributed by atoms with Crippen LogP contribution in [0.15, 0.2) is 18.2 Å². The molecule has 2 atom stereocenters. The maximum atomic E-state index is 13.3. The normalized spacial score (nSPS) is 14.6. The summed E-state index contributed by atoms with van der Waals surface area (Å²) < 4.78 is 18.4. The van der Waals surface area contributed by atoms with Crippen molar-refractivity contribution in [2.24, 2.45) is 5.92 Å². The number of methoxy groups -OCH3 is 1. The van der Waals surface area contributed by atoms with Crippen LogP contribution in [0.5, 0.6) is 0 Å². The Kier molecular flexibility index (Phi) is 5.59. The van der Waals surface area contributed by atoms with Crippen LogP contribution in [0.1, 0.15) is 30.5 Å². The van der Waals surface area contributed by atoms with Gasteiger partial charge in [0.15, 0.2) is 0 Å². The summed E-state index contributed by atoms with van der Waals surface area (Å²) in [5.41, 5.74) is 2.16. The molecule has 0 aliphatic heterocycles. The van der Waals surface area contributed by atoms with Gasteiger partial charge < -0.3 is 10.1 Å². The van der Waals surface area contributed by atoms with Gasteiger partial charge in [-0.25, -0.2) is 4.39 Å². The number of benzene rings is 1. The molecule has 2 nitrogen and oxygen atoms in total. The summed E-state index contributed by atoms with van der Waals surface area (Å²) in [5.74, 6) is 0.227. The van der Waals surface area contributed by atoms with Gasteiger partial charge >= 0.3 is 0 Å². The van der Waals surface area contributed by atoms with Crippen LogP contribution in [0.25, 0.3) is 0 Å². The van der Waals surface area contributed by atoms with E-state index in [1.165, 1.54) is 6.07 Å². The average Bonchev–Trinajstić information content (AvgIpc) is 2.32. The van der Waals surface area contributed by atoms with E-state index in [2.05, 4.69) is 12.2 Å². The third-order valence-electron chi connectivity index (χ3n) is 3.23. The van der Waals surface area contributed by atoms with Gasteiger partial charge in [0.05, 0.1) is 0 Å². The van der Waals surface area contributed by atoms with Gasteiger partial charge in [0.1, 0.15) is 5.82 Å². The molecule has 0 amide bonds. The Labute approximate surface area is 103 Å². The number of rotatable bonds is 6. The fourth-order valence-electron chi connectivity index (χ4n) is 2.16. The standard InChI is InChI=1S/C14H22FNO/c1-10-5-6-12(15)9-13(10)14(16-3)11(2)7-8-17-4/h5-6,9,11,14,16H,7-8H2,1-4H3. The summed E-state index contributed by atoms with van der Waals surface area (Å²) in [5, 5.41) is 3.27. The van der Waals surface area contributed by atoms with Crippen molar-refractivity contribution in [3.8, 4) is 0 Å². The number of hydrogen-bond acceptors (Lipinski definition) is 2. The second kappa shape index (κ2) is 6.72. The van der Waals surface area contributed by atoms with Gasteiger partial charge in [-0.3, -0.25) is 0 Å². The maximum Gasteiger partial charge on any atom is 0.123 e. The second-order valence-corrected chi connectivity index (χ2v) is 4.53. The molecule has 1 aromatic carbocycles. The molecular formula is C14H22FNO. The maximum absolute atomic E-state index is 13.3. The Bertz CT molecular complexity index is 354. The Morgan fingerprint density at radius 2 is 2.12 bits per heavy atom. The van der Waals surface area contributed by atoms with E-state index in [0.717, 1.165) is 24.2 Å². The summed E-state index contributed by atoms with van der Waals surface area (Å²) in [6, 6.07) is 5.13. The highest BCUT2D eigenvalue weighted by atomic mass is 19.1. The molecule has 0 aromatic heterocycles. The van der Waals surface area contributed by atoms with Gasteiger partial charge in [-0.1, -0.05) is 13.0 Å². The third-order valence-corrected chi connectivity index (χ3v) is 3.23. The van der Waals surface area contributed by atoms with Crippen LogP contribution in [0.4, 0.5) is 4.39 Å². The van der Waals surface area contributed by atoms with Gasteiger partial charge in [0, 0.05) is 19.8 Å². The van der Waals surface area contributed by atoms with Crippen LogP contribution >= 0.6 is 0 Å². The van der Waals surface area contributed by atoms with Gasteiger partial charge in [0.25, 0.3) is 0 Å². The molecule has 1 aromatic rings. The van der Waals surface area contributed by atoms with Gasteiger partial charge in [-0.2, -0.15) is 0 Å². The van der Waals surface area contributed by atoms with Crippen LogP contribution in [-0.2, 0) is 4.74 Å². The molecule has 0 aliphatic carbocycles. The molecule has 2 unspecified atom stereocenters. The molecule has 96 valence electrons. The van der Waals surface area contributed by atoms with Crippen molar-refractivity contribution in [1.29, 1.82) is 0 Å². The Balaban J connectivity index is 2.88. The highest BCUT2D eigenvalue weighted by Crippen LogP contribution is 2.27. The first kappa shape index (κ1) is 14.1. The largest absolute Gasteiger partial charge is 0.385 e. The third kappa shape index (κ3) is 3.79. The highest BCUT2D eigenvalue weighted by Gasteiger charge is 2.19. The van der Waals surface area contributed by atoms with Crippen LogP contribution in [0.2, 0.25) is 0 Å². The van der Waals surface area contributed by atoms with Crippen LogP contribution in [0, 0.1) is 18.7 Å². The molecular weight excluding hydrogens is 217 g/mol. The van der Waals surface area contributed by atoms with Crippen LogP contribution in [0.3, 0.4) is 0 Å². The monoisotopic (exact) mass is 239 g/mol. The molecule has 1 N–H and O–H groups in total. The first-order valence-electron chi connectivity index (χ1n) is 6.02. The fraction of sp³-hybridized carbons (Fsp3) is 0.571. The van der Waals surface area contributed by atoms with Crippen molar-refractivity contribution in [3.63, 3.8) is 0 Å². The number of ether oxygens (including phenoxy) is 1. The Morgan fingerprint density at radius 1 is 1.41 bits per heavy atom. The van der Waals surface area contributed by atoms with Crippen molar-refractivity contribution in [2.75, 3.05) is 20.8 Å². The zero-order valence-corrected chi connectivity index (χ0v) is 11.1. The van der Waals surface area contributed by atoms with Gasteiger partial charge in [0.2, 0.25) is 0 Å². The highest BCUT2D eigenvalue weighted by molar-refractivity contribution is 5.30. The van der Waals surface area contributed by atoms with Crippen LogP contribution in [-0.4, -0.2) is 20.8 Å². The summed E-state index contributed by atoms with van der Waals surface area (Å²) >= 11 is 0. The van der Waals surface area contributed by atoms with Crippen LogP contribution < -0.4 is 5.32 Å². The van der Waals surface area contributed by atoms with E-state index >= 15 is 0 Å². The molecule has 17 heavy (non-hydrogen) atoms. The van der Waals surface area contributed by atoms with Crippen molar-refractivity contribution >= 4 is 0 Å². The van der Waals surface area contributed by atoms with E-state index in [1.807, 2.05) is 20.0 Å². The predicted octanol–water partition coefficient (Wildman–Crippen LogP) is 3.07. The van der Waals surface area contributed by atoms with E-state index < -0.39 is 0 Å². The lowest BCUT2D eigenvalue weighted by molar-refractivity contribution is 0.171. The fourth-order valence-corrected chi connectivity index (χ4v) is 2.16. The number of nitrogens with one attached hydrogen (secondary N) is 1. The topological polar surface area (TPSA) is 21.3 Å². The molecule has 0 radical (unpaired) electrons. The van der Waals surface area contributed by atoms with Gasteiger partial charge in [-0.15, -0.1) is 0 Å². The molecule has 0 fully saturated rings. The van der Waals surface area contributed by atoms with Crippen molar-refractivity contribution in [2.45, 2.75) is 26.3 Å². The lowest BCUT2D eigenvalue weighted by Gasteiger charge is -2.25. The SMILES string of the molecule is CNC(c1cc(F)ccc1C)C(C)CCOC. The number of aryl methyl sites for hydroxylation is 1. The Morgan fingerprint density at radius 3 is 2.71 bits per heavy atom. The zero-order chi connectivity index (χ0) is 12.8. The molecule has 1 rings (SSSR count). The lowest BCUT2D eigenvalue weighted by Crippen LogP contribution is -2.25. The van der Waals surface area contributed by atoms with E-state index in [0.29, 0.717) is 5.92 Å². The predicted molar refractivity (Wildman–Crippen MR) is 68.6 cm³/mol. The molecule has 0 aliphatic rings. The van der Waals surface area contributed by atoms with Crippen molar-refractivity contribution in [3.05, 3.63) is 35.1 Å². The summed E-state index contributed by atoms with van der Waals surface area (Å²) in [6.07, 6.45) is 0.956. The lowest BCUT2D eigenvalue weighted by atomic mass is 9.89. The first-order chi connectivity index (χ1) is 8.10. The van der Waals surface area contributed by atoms with Gasteiger partial charge in [-0.05, 0) is 49.6 Å². The van der Waals surface area contributed by atoms with E-state index in [4.69, 9.17) is 4.74 Å². The summed E-state index contributed by atoms with van der Waals surface area (Å²) in [6.45, 7) is 4.90. The Hall–Kier alpha value is -0.930. The minimum absolute atomic E-state index is 0.167. The summed E-state index contributed by atoms with van der Waals surface area (Å²) in [4.78, 5) is 0.